The number of carbonyl (C=O) groups excluding carboxylic acids is 1. The molecule has 1 aliphatic heterocycles. The maximum Gasteiger partial charge on any atom is 0.410 e. The molecule has 2 N–H and O–H groups in total. The van der Waals surface area contributed by atoms with E-state index in [1.54, 1.807) is 4.90 Å². The van der Waals surface area contributed by atoms with E-state index in [0.717, 1.165) is 38.8 Å². The van der Waals surface area contributed by atoms with E-state index in [0.29, 0.717) is 6.54 Å². The largest absolute Gasteiger partial charge is 0.443 e. The minimum atomic E-state index is -0.135. The standard InChI is InChI=1S/C10H18N2O2/c11-6-2-7-12-8-5-10(3-1-4-10)14-9(12)13/h1-8,11H2. The van der Waals surface area contributed by atoms with Crippen LogP contribution in [0.25, 0.3) is 0 Å². The number of hydrogen-bond acceptors (Lipinski definition) is 3. The van der Waals surface area contributed by atoms with Crippen LogP contribution in [-0.2, 0) is 4.74 Å². The molecule has 0 aromatic rings. The van der Waals surface area contributed by atoms with Gasteiger partial charge in [-0.05, 0) is 32.2 Å². The molecule has 80 valence electrons. The van der Waals surface area contributed by atoms with Crippen molar-refractivity contribution >= 4 is 6.09 Å². The van der Waals surface area contributed by atoms with E-state index in [1.165, 1.54) is 6.42 Å². The van der Waals surface area contributed by atoms with Crippen LogP contribution in [-0.4, -0.2) is 36.2 Å². The van der Waals surface area contributed by atoms with Crippen molar-refractivity contribution < 1.29 is 9.53 Å². The van der Waals surface area contributed by atoms with Gasteiger partial charge in [-0.1, -0.05) is 0 Å². The fraction of sp³-hybridized carbons (Fsp3) is 0.900. The molecule has 0 aromatic heterocycles. The summed E-state index contributed by atoms with van der Waals surface area (Å²) in [5.41, 5.74) is 5.33. The lowest BCUT2D eigenvalue weighted by Gasteiger charge is -2.46. The second-order valence-electron chi connectivity index (χ2n) is 4.28. The maximum atomic E-state index is 11.6. The van der Waals surface area contributed by atoms with Crippen LogP contribution in [0.2, 0.25) is 0 Å². The summed E-state index contributed by atoms with van der Waals surface area (Å²) < 4.78 is 5.47. The van der Waals surface area contributed by atoms with E-state index in [2.05, 4.69) is 0 Å². The molecule has 0 radical (unpaired) electrons. The fourth-order valence-corrected chi connectivity index (χ4v) is 2.14. The number of ether oxygens (including phenoxy) is 1. The van der Waals surface area contributed by atoms with Gasteiger partial charge in [0.2, 0.25) is 0 Å². The van der Waals surface area contributed by atoms with Crippen molar-refractivity contribution in [3.05, 3.63) is 0 Å². The summed E-state index contributed by atoms with van der Waals surface area (Å²) in [6.07, 6.45) is 5.05. The predicted molar refractivity (Wildman–Crippen MR) is 52.9 cm³/mol. The maximum absolute atomic E-state index is 11.6. The summed E-state index contributed by atoms with van der Waals surface area (Å²) in [5, 5.41) is 0. The van der Waals surface area contributed by atoms with Crippen molar-refractivity contribution in [1.82, 2.24) is 4.90 Å². The van der Waals surface area contributed by atoms with Gasteiger partial charge in [0, 0.05) is 19.5 Å². The smallest absolute Gasteiger partial charge is 0.410 e. The highest BCUT2D eigenvalue weighted by molar-refractivity contribution is 5.69. The molecule has 4 nitrogen and oxygen atoms in total. The van der Waals surface area contributed by atoms with Gasteiger partial charge in [0.05, 0.1) is 0 Å². The van der Waals surface area contributed by atoms with Crippen LogP contribution in [0.3, 0.4) is 0 Å². The number of rotatable bonds is 3. The van der Waals surface area contributed by atoms with Crippen molar-refractivity contribution in [3.63, 3.8) is 0 Å². The highest BCUT2D eigenvalue weighted by atomic mass is 16.6. The van der Waals surface area contributed by atoms with Crippen LogP contribution in [0.1, 0.15) is 32.1 Å². The zero-order chi connectivity index (χ0) is 10.0. The Kier molecular flexibility index (Phi) is 2.63. The molecule has 1 saturated carbocycles. The molecule has 1 spiro atoms. The average molecular weight is 198 g/mol. The summed E-state index contributed by atoms with van der Waals surface area (Å²) in [6, 6.07) is 0. The molecule has 1 aliphatic carbocycles. The van der Waals surface area contributed by atoms with E-state index in [1.807, 2.05) is 0 Å². The topological polar surface area (TPSA) is 55.6 Å². The number of hydrogen-bond donors (Lipinski definition) is 1. The minimum Gasteiger partial charge on any atom is -0.443 e. The Bertz CT molecular complexity index is 226. The van der Waals surface area contributed by atoms with E-state index in [-0.39, 0.29) is 11.7 Å². The molecule has 0 unspecified atom stereocenters. The lowest BCUT2D eigenvalue weighted by Crippen LogP contribution is -2.53. The van der Waals surface area contributed by atoms with E-state index >= 15 is 0 Å². The molecule has 1 heterocycles. The number of amides is 1. The SMILES string of the molecule is NCCCN1CCC2(CCC2)OC1=O. The van der Waals surface area contributed by atoms with Crippen molar-refractivity contribution in [3.8, 4) is 0 Å². The van der Waals surface area contributed by atoms with Gasteiger partial charge in [-0.15, -0.1) is 0 Å². The Morgan fingerprint density at radius 3 is 2.71 bits per heavy atom. The lowest BCUT2D eigenvalue weighted by molar-refractivity contribution is -0.0941. The third kappa shape index (κ3) is 1.71. The first-order valence-electron chi connectivity index (χ1n) is 5.44. The van der Waals surface area contributed by atoms with Crippen LogP contribution < -0.4 is 5.73 Å². The normalized spacial score (nSPS) is 24.6. The fourth-order valence-electron chi connectivity index (χ4n) is 2.14. The molecule has 2 rings (SSSR count). The average Bonchev–Trinajstić information content (AvgIpc) is 2.13. The summed E-state index contributed by atoms with van der Waals surface area (Å²) in [7, 11) is 0. The Balaban J connectivity index is 1.84. The van der Waals surface area contributed by atoms with Crippen LogP contribution in [0.15, 0.2) is 0 Å². The van der Waals surface area contributed by atoms with Gasteiger partial charge in [-0.3, -0.25) is 0 Å². The van der Waals surface area contributed by atoms with Gasteiger partial charge in [-0.2, -0.15) is 0 Å². The van der Waals surface area contributed by atoms with E-state index in [4.69, 9.17) is 10.5 Å². The first-order valence-corrected chi connectivity index (χ1v) is 5.44. The van der Waals surface area contributed by atoms with Crippen molar-refractivity contribution in [2.75, 3.05) is 19.6 Å². The zero-order valence-corrected chi connectivity index (χ0v) is 8.50. The molecule has 0 atom stereocenters. The van der Waals surface area contributed by atoms with Crippen LogP contribution in [0.5, 0.6) is 0 Å². The molecule has 14 heavy (non-hydrogen) atoms. The quantitative estimate of drug-likeness (QED) is 0.738. The minimum absolute atomic E-state index is 0.0731. The molecule has 0 aromatic carbocycles. The first kappa shape index (κ1) is 9.77. The highest BCUT2D eigenvalue weighted by Crippen LogP contribution is 2.41. The Morgan fingerprint density at radius 1 is 1.43 bits per heavy atom. The van der Waals surface area contributed by atoms with Crippen LogP contribution in [0.4, 0.5) is 4.79 Å². The van der Waals surface area contributed by atoms with Crippen LogP contribution >= 0.6 is 0 Å². The second-order valence-corrected chi connectivity index (χ2v) is 4.28. The predicted octanol–water partition coefficient (Wildman–Crippen LogP) is 1.10. The van der Waals surface area contributed by atoms with Crippen molar-refractivity contribution in [2.24, 2.45) is 5.73 Å². The first-order chi connectivity index (χ1) is 6.76. The summed E-state index contributed by atoms with van der Waals surface area (Å²) in [4.78, 5) is 13.3. The van der Waals surface area contributed by atoms with Gasteiger partial charge in [0.1, 0.15) is 5.60 Å². The molecule has 1 amide bonds. The third-order valence-corrected chi connectivity index (χ3v) is 3.30. The molecular weight excluding hydrogens is 180 g/mol. The van der Waals surface area contributed by atoms with Crippen molar-refractivity contribution in [2.45, 2.75) is 37.7 Å². The molecule has 2 aliphatic rings. The van der Waals surface area contributed by atoms with Gasteiger partial charge in [-0.25, -0.2) is 4.79 Å². The molecule has 1 saturated heterocycles. The van der Waals surface area contributed by atoms with Gasteiger partial charge in [0.15, 0.2) is 0 Å². The molecule has 2 fully saturated rings. The summed E-state index contributed by atoms with van der Waals surface area (Å²) in [6.45, 7) is 2.22. The number of nitrogens with two attached hydrogens (primary N) is 1. The third-order valence-electron chi connectivity index (χ3n) is 3.30. The Labute approximate surface area is 84.4 Å². The second kappa shape index (κ2) is 3.77. The lowest BCUT2D eigenvalue weighted by atomic mass is 9.77. The Morgan fingerprint density at radius 2 is 2.21 bits per heavy atom. The van der Waals surface area contributed by atoms with Gasteiger partial charge in [0.25, 0.3) is 0 Å². The van der Waals surface area contributed by atoms with Crippen molar-refractivity contribution in [1.29, 1.82) is 0 Å². The number of carbonyl (C=O) groups is 1. The van der Waals surface area contributed by atoms with Gasteiger partial charge < -0.3 is 15.4 Å². The summed E-state index contributed by atoms with van der Waals surface area (Å²) >= 11 is 0. The Hall–Kier alpha value is -0.770. The van der Waals surface area contributed by atoms with Crippen LogP contribution in [0, 0.1) is 0 Å². The number of nitrogens with zero attached hydrogens (tertiary/aromatic N) is 1. The molecular formula is C10H18N2O2. The highest BCUT2D eigenvalue weighted by Gasteiger charge is 2.44. The molecule has 4 heteroatoms. The van der Waals surface area contributed by atoms with E-state index < -0.39 is 0 Å². The summed E-state index contributed by atoms with van der Waals surface area (Å²) in [5.74, 6) is 0. The monoisotopic (exact) mass is 198 g/mol. The zero-order valence-electron chi connectivity index (χ0n) is 8.50. The van der Waals surface area contributed by atoms with Gasteiger partial charge >= 0.3 is 6.09 Å². The molecule has 0 bridgehead atoms. The van der Waals surface area contributed by atoms with E-state index in [9.17, 15) is 4.79 Å².